The molecule has 0 aliphatic carbocycles. The quantitative estimate of drug-likeness (QED) is 0.0619. The summed E-state index contributed by atoms with van der Waals surface area (Å²) < 4.78 is 0. The van der Waals surface area contributed by atoms with Crippen molar-refractivity contribution in [2.45, 2.75) is 238 Å². The van der Waals surface area contributed by atoms with Gasteiger partial charge in [-0.2, -0.15) is 0 Å². The van der Waals surface area contributed by atoms with Crippen molar-refractivity contribution >= 4 is 5.91 Å². The zero-order chi connectivity index (χ0) is 31.5. The number of aliphatic hydroxyl groups is 2. The maximum Gasteiger partial charge on any atom is 0.220 e. The average molecular weight is 610 g/mol. The summed E-state index contributed by atoms with van der Waals surface area (Å²) in [4.78, 5) is 12.2. The van der Waals surface area contributed by atoms with E-state index >= 15 is 0 Å². The summed E-state index contributed by atoms with van der Waals surface area (Å²) >= 11 is 0. The Labute approximate surface area is 270 Å². The second-order valence-corrected chi connectivity index (χ2v) is 13.7. The molecule has 0 aliphatic heterocycles. The second-order valence-electron chi connectivity index (χ2n) is 13.7. The molecular weight excluding hydrogens is 530 g/mol. The van der Waals surface area contributed by atoms with Gasteiger partial charge in [-0.25, -0.2) is 0 Å². The van der Waals surface area contributed by atoms with Crippen LogP contribution in [0, 0.1) is 0 Å². The summed E-state index contributed by atoms with van der Waals surface area (Å²) in [5, 5.41) is 22.9. The third-order valence-corrected chi connectivity index (χ3v) is 9.37. The van der Waals surface area contributed by atoms with Gasteiger partial charge in [-0.3, -0.25) is 4.79 Å². The van der Waals surface area contributed by atoms with Crippen LogP contribution >= 0.6 is 0 Å². The van der Waals surface area contributed by atoms with E-state index in [4.69, 9.17) is 0 Å². The molecule has 4 heteroatoms. The number of carbonyl (C=O) groups excluding carboxylic acids is 1. The minimum absolute atomic E-state index is 0.0385. The van der Waals surface area contributed by atoms with Gasteiger partial charge in [0.2, 0.25) is 5.91 Å². The van der Waals surface area contributed by atoms with Gasteiger partial charge in [-0.05, 0) is 12.8 Å². The molecule has 0 fully saturated rings. The molecule has 1 amide bonds. The third kappa shape index (κ3) is 32.6. The lowest BCUT2D eigenvalue weighted by Gasteiger charge is -2.22. The van der Waals surface area contributed by atoms with E-state index in [-0.39, 0.29) is 12.5 Å². The van der Waals surface area contributed by atoms with Crippen LogP contribution in [0.4, 0.5) is 0 Å². The molecule has 43 heavy (non-hydrogen) atoms. The molecule has 3 N–H and O–H groups in total. The van der Waals surface area contributed by atoms with Crippen molar-refractivity contribution < 1.29 is 15.0 Å². The monoisotopic (exact) mass is 610 g/mol. The molecule has 2 unspecified atom stereocenters. The molecule has 2 atom stereocenters. The lowest BCUT2D eigenvalue weighted by molar-refractivity contribution is -0.123. The van der Waals surface area contributed by atoms with Gasteiger partial charge in [0.25, 0.3) is 0 Å². The Balaban J connectivity index is 3.36. The standard InChI is InChI=1S/C39H79NO3/c1-3-5-7-9-11-12-13-14-15-16-17-18-19-20-21-22-23-24-25-26-27-28-29-30-32-34-38(42)37(36-41)40-39(43)35-33-31-10-8-6-4-2/h37-38,41-42H,3-36H2,1-2H3,(H,40,43). The SMILES string of the molecule is CCCCCCCCCCCCCCCCCCCCCCCCCCCC(O)C(CO)NC(=O)CCCCCCCC. The van der Waals surface area contributed by atoms with E-state index < -0.39 is 12.1 Å². The third-order valence-electron chi connectivity index (χ3n) is 9.37. The summed E-state index contributed by atoms with van der Waals surface area (Å²) in [6.45, 7) is 4.31. The van der Waals surface area contributed by atoms with Crippen molar-refractivity contribution in [3.05, 3.63) is 0 Å². The largest absolute Gasteiger partial charge is 0.394 e. The van der Waals surface area contributed by atoms with Crippen molar-refractivity contribution in [2.24, 2.45) is 0 Å². The fourth-order valence-corrected chi connectivity index (χ4v) is 6.30. The molecule has 4 nitrogen and oxygen atoms in total. The Hall–Kier alpha value is -0.610. The zero-order valence-corrected chi connectivity index (χ0v) is 29.5. The van der Waals surface area contributed by atoms with Gasteiger partial charge in [-0.1, -0.05) is 206 Å². The number of hydrogen-bond acceptors (Lipinski definition) is 3. The van der Waals surface area contributed by atoms with E-state index in [1.54, 1.807) is 0 Å². The molecule has 0 radical (unpaired) electrons. The minimum atomic E-state index is -0.650. The van der Waals surface area contributed by atoms with Crippen LogP contribution in [-0.2, 0) is 4.79 Å². The van der Waals surface area contributed by atoms with Gasteiger partial charge < -0.3 is 15.5 Å². The first-order valence-electron chi connectivity index (χ1n) is 19.7. The van der Waals surface area contributed by atoms with E-state index in [1.807, 2.05) is 0 Å². The molecule has 0 bridgehead atoms. The summed E-state index contributed by atoms with van der Waals surface area (Å²) in [6.07, 6.45) is 42.0. The number of nitrogens with one attached hydrogen (secondary N) is 1. The van der Waals surface area contributed by atoms with Crippen molar-refractivity contribution in [3.8, 4) is 0 Å². The number of rotatable bonds is 36. The molecule has 0 saturated heterocycles. The van der Waals surface area contributed by atoms with E-state index in [9.17, 15) is 15.0 Å². The summed E-state index contributed by atoms with van der Waals surface area (Å²) in [5.74, 6) is -0.0385. The van der Waals surface area contributed by atoms with Crippen LogP contribution in [0.2, 0.25) is 0 Å². The molecular formula is C39H79NO3. The fraction of sp³-hybridized carbons (Fsp3) is 0.974. The van der Waals surface area contributed by atoms with E-state index in [1.165, 1.54) is 173 Å². The van der Waals surface area contributed by atoms with Crippen LogP contribution in [0.5, 0.6) is 0 Å². The van der Waals surface area contributed by atoms with E-state index in [2.05, 4.69) is 19.2 Å². The Kier molecular flexibility index (Phi) is 35.4. The molecule has 0 spiro atoms. The highest BCUT2D eigenvalue weighted by molar-refractivity contribution is 5.76. The summed E-state index contributed by atoms with van der Waals surface area (Å²) in [7, 11) is 0. The highest BCUT2D eigenvalue weighted by atomic mass is 16.3. The number of unbranched alkanes of at least 4 members (excludes halogenated alkanes) is 29. The van der Waals surface area contributed by atoms with Crippen LogP contribution in [0.25, 0.3) is 0 Å². The minimum Gasteiger partial charge on any atom is -0.394 e. The fourth-order valence-electron chi connectivity index (χ4n) is 6.30. The highest BCUT2D eigenvalue weighted by Gasteiger charge is 2.19. The Morgan fingerprint density at radius 1 is 0.465 bits per heavy atom. The van der Waals surface area contributed by atoms with Crippen molar-refractivity contribution in [3.63, 3.8) is 0 Å². The van der Waals surface area contributed by atoms with Crippen LogP contribution in [0.1, 0.15) is 226 Å². The maximum atomic E-state index is 12.2. The first kappa shape index (κ1) is 42.4. The molecule has 0 heterocycles. The lowest BCUT2D eigenvalue weighted by atomic mass is 10.0. The number of hydrogen-bond donors (Lipinski definition) is 3. The van der Waals surface area contributed by atoms with Crippen molar-refractivity contribution in [1.29, 1.82) is 0 Å². The summed E-state index contributed by atoms with van der Waals surface area (Å²) in [5.41, 5.74) is 0. The topological polar surface area (TPSA) is 69.6 Å². The molecule has 0 aromatic rings. The first-order chi connectivity index (χ1) is 21.2. The van der Waals surface area contributed by atoms with Crippen LogP contribution in [0.3, 0.4) is 0 Å². The normalized spacial score (nSPS) is 12.9. The lowest BCUT2D eigenvalue weighted by Crippen LogP contribution is -2.45. The van der Waals surface area contributed by atoms with Crippen LogP contribution in [0.15, 0.2) is 0 Å². The van der Waals surface area contributed by atoms with Crippen molar-refractivity contribution in [1.82, 2.24) is 5.32 Å². The smallest absolute Gasteiger partial charge is 0.220 e. The Morgan fingerprint density at radius 2 is 0.744 bits per heavy atom. The van der Waals surface area contributed by atoms with Gasteiger partial charge in [-0.15, -0.1) is 0 Å². The van der Waals surface area contributed by atoms with Crippen LogP contribution < -0.4 is 5.32 Å². The predicted octanol–water partition coefficient (Wildman–Crippen LogP) is 11.7. The Bertz CT molecular complexity index is 541. The number of amides is 1. The average Bonchev–Trinajstić information content (AvgIpc) is 3.01. The zero-order valence-electron chi connectivity index (χ0n) is 29.5. The first-order valence-corrected chi connectivity index (χ1v) is 19.7. The second kappa shape index (κ2) is 35.9. The van der Waals surface area contributed by atoms with Gasteiger partial charge in [0, 0.05) is 6.42 Å². The molecule has 0 aliphatic rings. The molecule has 0 aromatic carbocycles. The van der Waals surface area contributed by atoms with Gasteiger partial charge in [0.15, 0.2) is 0 Å². The van der Waals surface area contributed by atoms with Crippen molar-refractivity contribution in [2.75, 3.05) is 6.61 Å². The van der Waals surface area contributed by atoms with Crippen LogP contribution in [-0.4, -0.2) is 34.9 Å². The van der Waals surface area contributed by atoms with Gasteiger partial charge in [0.1, 0.15) is 0 Å². The molecule has 0 saturated carbocycles. The molecule has 0 rings (SSSR count). The van der Waals surface area contributed by atoms with Gasteiger partial charge >= 0.3 is 0 Å². The highest BCUT2D eigenvalue weighted by Crippen LogP contribution is 2.16. The number of aliphatic hydroxyl groups excluding tert-OH is 2. The van der Waals surface area contributed by atoms with E-state index in [0.717, 1.165) is 25.7 Å². The number of carbonyl (C=O) groups is 1. The maximum absolute atomic E-state index is 12.2. The molecule has 258 valence electrons. The van der Waals surface area contributed by atoms with Gasteiger partial charge in [0.05, 0.1) is 18.8 Å². The predicted molar refractivity (Wildman–Crippen MR) is 189 cm³/mol. The molecule has 0 aromatic heterocycles. The summed E-state index contributed by atoms with van der Waals surface area (Å²) in [6, 6.07) is -0.526. The Morgan fingerprint density at radius 3 is 1.05 bits per heavy atom. The van der Waals surface area contributed by atoms with E-state index in [0.29, 0.717) is 12.8 Å².